The Labute approximate surface area is 542 Å². The van der Waals surface area contributed by atoms with Crippen molar-refractivity contribution in [2.24, 2.45) is 0 Å². The Morgan fingerprint density at radius 1 is 0.222 bits per heavy atom. The fourth-order valence-corrected chi connectivity index (χ4v) is 7.24. The molecule has 0 amide bonds. The molecule has 14 heteroatoms. The van der Waals surface area contributed by atoms with Gasteiger partial charge in [-0.3, -0.25) is 39.9 Å². The van der Waals surface area contributed by atoms with Gasteiger partial charge in [-0.2, -0.15) is 10.2 Å². The maximum atomic E-state index is 4.27. The number of nitrogens with zero attached hydrogens (tertiary/aromatic N) is 14. The molecular weight excluding hydrogens is 1110 g/mol. The van der Waals surface area contributed by atoms with Crippen molar-refractivity contribution in [3.63, 3.8) is 0 Å². The Kier molecular flexibility index (Phi) is 35.8. The van der Waals surface area contributed by atoms with Crippen molar-refractivity contribution in [1.82, 2.24) is 70.0 Å². The molecule has 10 aromatic heterocycles. The van der Waals surface area contributed by atoms with E-state index in [4.69, 9.17) is 0 Å². The van der Waals surface area contributed by atoms with Crippen LogP contribution in [0.2, 0.25) is 0 Å². The smallest absolute Gasteiger partial charge is 0.125 e. The molecule has 0 atom stereocenters. The molecule has 0 saturated carbocycles. The van der Waals surface area contributed by atoms with Crippen LogP contribution in [0.5, 0.6) is 0 Å². The number of aryl methyl sites for hydroxylation is 26. The summed E-state index contributed by atoms with van der Waals surface area (Å²) in [4.78, 5) is 49.5. The molecule has 480 valence electrons. The third kappa shape index (κ3) is 30.9. The lowest BCUT2D eigenvalue weighted by molar-refractivity contribution is 0.924. The second-order valence-corrected chi connectivity index (χ2v) is 23.0. The standard InChI is InChI=1S/6C8H11N.4C7H10N2/c1-6-4-9-5-7(2)8(6)3;1-6-4-8(3)9-5-7(6)2;1-6-4-7(2)8(3)9-5-6;2*1-6-4-5-9-8(3)7(6)2;1-6-4-5-7(2)9-8(6)3;1-5-6(2)8-4-9-7(5)3;1-5-4-8-6(2)7(3)9-5;1-5-4-8-7(3)9-6(5)2;1-5-4-6(2)8-9-7(5)3/h6*4-5H,1-3H3;4*4H,1-3H3. The predicted octanol–water partition coefficient (Wildman–Crippen LogP) is 17.6. The third-order valence-corrected chi connectivity index (χ3v) is 15.2. The average Bonchev–Trinajstić information content (AvgIpc) is 3.61. The number of hydrogen-bond acceptors (Lipinski definition) is 14. The van der Waals surface area contributed by atoms with E-state index in [1.165, 1.54) is 77.9 Å². The van der Waals surface area contributed by atoms with Crippen molar-refractivity contribution in [2.45, 2.75) is 208 Å². The largest absolute Gasteiger partial charge is 0.264 e. The van der Waals surface area contributed by atoms with Gasteiger partial charge < -0.3 is 0 Å². The first kappa shape index (κ1) is 79.2. The van der Waals surface area contributed by atoms with Gasteiger partial charge >= 0.3 is 0 Å². The third-order valence-electron chi connectivity index (χ3n) is 15.2. The molecule has 0 spiro atoms. The summed E-state index contributed by atoms with van der Waals surface area (Å²) in [5, 5.41) is 7.82. The van der Waals surface area contributed by atoms with Crippen LogP contribution in [0.1, 0.15) is 169 Å². The Morgan fingerprint density at radius 2 is 0.700 bits per heavy atom. The van der Waals surface area contributed by atoms with E-state index in [9.17, 15) is 0 Å². The highest BCUT2D eigenvalue weighted by Gasteiger charge is 1.99. The molecule has 0 N–H and O–H groups in total. The summed E-state index contributed by atoms with van der Waals surface area (Å²) in [6.45, 7) is 60.9. The molecule has 0 unspecified atom stereocenters. The minimum Gasteiger partial charge on any atom is -0.264 e. The highest BCUT2D eigenvalue weighted by Crippen LogP contribution is 2.11. The van der Waals surface area contributed by atoms with Crippen LogP contribution in [0.4, 0.5) is 0 Å². The Morgan fingerprint density at radius 3 is 1.08 bits per heavy atom. The van der Waals surface area contributed by atoms with Gasteiger partial charge in [0, 0.05) is 101 Å². The van der Waals surface area contributed by atoms with Gasteiger partial charge in [0.2, 0.25) is 0 Å². The summed E-state index contributed by atoms with van der Waals surface area (Å²) in [5.74, 6) is 0.845. The number of rotatable bonds is 0. The molecule has 0 fully saturated rings. The molecule has 0 aromatic carbocycles. The van der Waals surface area contributed by atoms with Crippen LogP contribution in [0.25, 0.3) is 0 Å². The van der Waals surface area contributed by atoms with Gasteiger partial charge in [0.15, 0.2) is 0 Å². The van der Waals surface area contributed by atoms with Crippen LogP contribution in [-0.4, -0.2) is 70.0 Å². The molecule has 0 aliphatic carbocycles. The number of hydrogen-bond donors (Lipinski definition) is 0. The molecule has 10 rings (SSSR count). The van der Waals surface area contributed by atoms with Crippen LogP contribution in [0.15, 0.2) is 98.4 Å². The van der Waals surface area contributed by atoms with E-state index in [0.29, 0.717) is 0 Å². The van der Waals surface area contributed by atoms with Crippen LogP contribution in [0, 0.1) is 208 Å². The van der Waals surface area contributed by atoms with Crippen molar-refractivity contribution in [3.8, 4) is 0 Å². The summed E-state index contributed by atoms with van der Waals surface area (Å²) in [7, 11) is 0. The van der Waals surface area contributed by atoms with Gasteiger partial charge in [-0.05, 0) is 321 Å². The molecule has 0 radical (unpaired) electrons. The summed E-state index contributed by atoms with van der Waals surface area (Å²) >= 11 is 0. The zero-order chi connectivity index (χ0) is 68.5. The van der Waals surface area contributed by atoms with Crippen molar-refractivity contribution in [1.29, 1.82) is 0 Å². The zero-order valence-corrected chi connectivity index (χ0v) is 60.5. The van der Waals surface area contributed by atoms with Crippen molar-refractivity contribution >= 4 is 0 Å². The second kappa shape index (κ2) is 40.7. The quantitative estimate of drug-likeness (QED) is 0.140. The van der Waals surface area contributed by atoms with Crippen LogP contribution < -0.4 is 0 Å². The topological polar surface area (TPSA) is 180 Å². The minimum atomic E-state index is 0.845. The Balaban J connectivity index is 0.000000500. The molecule has 10 heterocycles. The van der Waals surface area contributed by atoms with Gasteiger partial charge in [0.25, 0.3) is 0 Å². The van der Waals surface area contributed by atoms with Crippen molar-refractivity contribution in [3.05, 3.63) is 267 Å². The van der Waals surface area contributed by atoms with Crippen LogP contribution in [-0.2, 0) is 0 Å². The summed E-state index contributed by atoms with van der Waals surface area (Å²) in [6, 6.07) is 14.4. The van der Waals surface area contributed by atoms with E-state index in [1.807, 2.05) is 192 Å². The minimum absolute atomic E-state index is 0.845. The monoisotopic (exact) mass is 1210 g/mol. The van der Waals surface area contributed by atoms with E-state index in [0.717, 1.165) is 91.1 Å². The maximum Gasteiger partial charge on any atom is 0.125 e. The molecule has 14 nitrogen and oxygen atoms in total. The lowest BCUT2D eigenvalue weighted by Gasteiger charge is -1.99. The van der Waals surface area contributed by atoms with E-state index in [1.54, 1.807) is 12.5 Å². The van der Waals surface area contributed by atoms with Crippen molar-refractivity contribution in [2.75, 3.05) is 0 Å². The molecule has 0 aliphatic heterocycles. The van der Waals surface area contributed by atoms with Gasteiger partial charge in [0.1, 0.15) is 12.2 Å². The van der Waals surface area contributed by atoms with Gasteiger partial charge in [-0.1, -0.05) is 12.1 Å². The van der Waals surface area contributed by atoms with E-state index >= 15 is 0 Å². The SMILES string of the molecule is Cc1cc(C)c(C)cn1.Cc1cc(C)c(C)nn1.Cc1ccc(C)c(C)n1.Cc1ccnc(C)c1C.Cc1ccnc(C)c1C.Cc1cnc(C)c(C)c1.Cc1cnc(C)c(C)n1.Cc1cncc(C)c1C.Cc1ncc(C)c(C)n1.Cc1ncnc(C)c1C. The van der Waals surface area contributed by atoms with Crippen molar-refractivity contribution < 1.29 is 0 Å². The predicted molar refractivity (Wildman–Crippen MR) is 376 cm³/mol. The average molecular weight is 1220 g/mol. The molecule has 0 saturated heterocycles. The van der Waals surface area contributed by atoms with Gasteiger partial charge in [-0.25, -0.2) is 19.9 Å². The fraction of sp³-hybridized carbons (Fsp3) is 0.395. The van der Waals surface area contributed by atoms with Gasteiger partial charge in [-0.15, -0.1) is 0 Å². The lowest BCUT2D eigenvalue weighted by atomic mass is 10.1. The first-order chi connectivity index (χ1) is 42.1. The fourth-order valence-electron chi connectivity index (χ4n) is 7.24. The normalized spacial score (nSPS) is 9.67. The Hall–Kier alpha value is -8.78. The summed E-state index contributed by atoms with van der Waals surface area (Å²) in [5.41, 5.74) is 34.0. The van der Waals surface area contributed by atoms with E-state index in [2.05, 4.69) is 171 Å². The first-order valence-electron chi connectivity index (χ1n) is 30.5. The highest BCUT2D eigenvalue weighted by molar-refractivity contribution is 5.29. The number of aromatic nitrogens is 14. The first-order valence-corrected chi connectivity index (χ1v) is 30.5. The molecule has 90 heavy (non-hydrogen) atoms. The lowest BCUT2D eigenvalue weighted by Crippen LogP contribution is -1.92. The van der Waals surface area contributed by atoms with Crippen LogP contribution >= 0.6 is 0 Å². The zero-order valence-electron chi connectivity index (χ0n) is 60.5. The molecule has 0 aliphatic rings. The maximum absolute atomic E-state index is 4.27. The van der Waals surface area contributed by atoms with Crippen LogP contribution in [0.3, 0.4) is 0 Å². The summed E-state index contributed by atoms with van der Waals surface area (Å²) in [6.07, 6.45) is 16.5. The second-order valence-electron chi connectivity index (χ2n) is 23.0. The molecule has 0 bridgehead atoms. The van der Waals surface area contributed by atoms with E-state index < -0.39 is 0 Å². The molecular formula is C76H106N14. The van der Waals surface area contributed by atoms with E-state index in [-0.39, 0.29) is 0 Å². The highest BCUT2D eigenvalue weighted by atomic mass is 15.1. The molecule has 10 aromatic rings. The van der Waals surface area contributed by atoms with Gasteiger partial charge in [0.05, 0.1) is 28.5 Å². The Bertz CT molecular complexity index is 3150. The number of pyridine rings is 6. The summed E-state index contributed by atoms with van der Waals surface area (Å²) < 4.78 is 0.